The zero-order valence-corrected chi connectivity index (χ0v) is 11.4. The molecule has 3 N–H and O–H groups in total. The predicted molar refractivity (Wildman–Crippen MR) is 51.0 cm³/mol. The highest BCUT2D eigenvalue weighted by molar-refractivity contribution is 9.10. The number of amides is 1. The summed E-state index contributed by atoms with van der Waals surface area (Å²) in [6, 6.07) is 1.46. The van der Waals surface area contributed by atoms with Crippen LogP contribution in [0.5, 0.6) is 0 Å². The van der Waals surface area contributed by atoms with Gasteiger partial charge in [-0.1, -0.05) is 4.57 Å². The molecule has 0 aliphatic heterocycles. The summed E-state index contributed by atoms with van der Waals surface area (Å²) in [7, 11) is 0. The summed E-state index contributed by atoms with van der Waals surface area (Å²) < 4.78 is 1.42. The molecule has 0 unspecified atom stereocenters. The highest BCUT2D eigenvalue weighted by Gasteiger charge is 2.23. The smallest absolute Gasteiger partial charge is 0.599 e. The lowest BCUT2D eigenvalue weighted by atomic mass is 10.2. The first-order valence-electron chi connectivity index (χ1n) is 3.69. The van der Waals surface area contributed by atoms with Crippen LogP contribution in [0.2, 0.25) is 0 Å². The second-order valence-electron chi connectivity index (χ2n) is 2.64. The van der Waals surface area contributed by atoms with Crippen molar-refractivity contribution in [1.29, 1.82) is 0 Å². The van der Waals surface area contributed by atoms with Gasteiger partial charge in [0.05, 0.1) is 0 Å². The molecule has 1 amide bonds. The summed E-state index contributed by atoms with van der Waals surface area (Å²) in [5, 5.41) is 8.76. The van der Waals surface area contributed by atoms with Gasteiger partial charge in [-0.2, -0.15) is 4.79 Å². The number of rotatable bonds is 1. The Labute approximate surface area is 111 Å². The fourth-order valence-electron chi connectivity index (χ4n) is 1.13. The zero-order chi connectivity index (χ0) is 10.9. The number of pyridine rings is 1. The Balaban J connectivity index is 0.00000196. The van der Waals surface area contributed by atoms with Crippen molar-refractivity contribution in [3.63, 3.8) is 0 Å². The lowest BCUT2D eigenvalue weighted by Crippen LogP contribution is -3.00. The molecule has 1 heterocycles. The summed E-state index contributed by atoms with van der Waals surface area (Å²) in [4.78, 5) is 21.7. The first-order chi connectivity index (χ1) is 6.45. The minimum atomic E-state index is -1.16. The molecule has 1 rings (SSSR count). The Morgan fingerprint density at radius 2 is 2.07 bits per heavy atom. The summed E-state index contributed by atoms with van der Waals surface area (Å²) in [6.07, 6.45) is 0.186. The number of aromatic nitrogens is 1. The number of nitrogens with zero attached hydrogens (tertiary/aromatic N) is 1. The highest BCUT2D eigenvalue weighted by Crippen LogP contribution is 2.16. The van der Waals surface area contributed by atoms with Crippen LogP contribution in [0.3, 0.4) is 0 Å². The van der Waals surface area contributed by atoms with Gasteiger partial charge in [0, 0.05) is 17.5 Å². The minimum absolute atomic E-state index is 0. The molecule has 0 saturated heterocycles. The molecule has 1 aromatic heterocycles. The summed E-state index contributed by atoms with van der Waals surface area (Å²) in [5.41, 5.74) is 5.58. The number of halogens is 2. The number of nitrogens with two attached hydrogens (primary N) is 1. The van der Waals surface area contributed by atoms with Crippen LogP contribution in [0, 0.1) is 6.92 Å². The van der Waals surface area contributed by atoms with Gasteiger partial charge in [0.25, 0.3) is 5.91 Å². The lowest BCUT2D eigenvalue weighted by Gasteiger charge is -2.01. The van der Waals surface area contributed by atoms with Crippen molar-refractivity contribution in [2.24, 2.45) is 5.73 Å². The van der Waals surface area contributed by atoms with Crippen LogP contribution in [-0.4, -0.2) is 17.1 Å². The monoisotopic (exact) mass is 386 g/mol. The van der Waals surface area contributed by atoms with E-state index in [2.05, 4.69) is 15.9 Å². The van der Waals surface area contributed by atoms with Gasteiger partial charge < -0.3 is 34.8 Å². The quantitative estimate of drug-likeness (QED) is 0.419. The first kappa shape index (κ1) is 14.3. The first-order valence-corrected chi connectivity index (χ1v) is 4.48. The van der Waals surface area contributed by atoms with E-state index in [0.717, 1.165) is 4.57 Å². The van der Waals surface area contributed by atoms with E-state index in [-0.39, 0.29) is 29.5 Å². The molecular weight excluding hydrogens is 379 g/mol. The van der Waals surface area contributed by atoms with E-state index in [1.54, 1.807) is 0 Å². The van der Waals surface area contributed by atoms with E-state index in [1.165, 1.54) is 19.2 Å². The highest BCUT2D eigenvalue weighted by atomic mass is 127. The molecule has 0 aliphatic carbocycles. The van der Waals surface area contributed by atoms with Gasteiger partial charge in [-0.25, -0.2) is 0 Å². The van der Waals surface area contributed by atoms with Gasteiger partial charge in [0.1, 0.15) is 5.56 Å². The van der Waals surface area contributed by atoms with Crippen molar-refractivity contribution in [3.8, 4) is 0 Å². The largest absolute Gasteiger partial charge is 1.00 e. The molecular formula is C8H8BrIN2O3. The predicted octanol–water partition coefficient (Wildman–Crippen LogP) is -2.33. The number of carboxylic acid groups (broad SMARTS) is 1. The number of hydrogen-bond acceptors (Lipinski definition) is 2. The van der Waals surface area contributed by atoms with Gasteiger partial charge in [-0.3, -0.25) is 4.79 Å². The third-order valence-corrected chi connectivity index (χ3v) is 2.45. The van der Waals surface area contributed by atoms with Crippen molar-refractivity contribution in [1.82, 2.24) is 0 Å². The third kappa shape index (κ3) is 2.88. The van der Waals surface area contributed by atoms with Crippen LogP contribution < -0.4 is 34.3 Å². The Kier molecular flexibility index (Phi) is 5.15. The standard InChI is InChI=1S/C8H7BrN2O3.HI/c1-4-6(7(10)12)5(9)2-3-11(4)8(13)14;/h2-3H,1H3,(H2-,10,12,13,14);1H. The molecule has 0 bridgehead atoms. The second-order valence-corrected chi connectivity index (χ2v) is 3.50. The van der Waals surface area contributed by atoms with Gasteiger partial charge in [-0.05, 0) is 15.9 Å². The SMILES string of the molecule is Cc1c(C(N)=O)c(Br)cc[n+]1C(=O)O.[I-]. The molecule has 7 heteroatoms. The van der Waals surface area contributed by atoms with E-state index in [0.29, 0.717) is 10.2 Å². The maximum Gasteiger partial charge on any atom is 0.599 e. The Bertz CT molecular complexity index is 423. The molecule has 0 aromatic carbocycles. The van der Waals surface area contributed by atoms with Crippen LogP contribution in [-0.2, 0) is 0 Å². The average Bonchev–Trinajstić information content (AvgIpc) is 2.02. The fraction of sp³-hybridized carbons (Fsp3) is 0.125. The molecule has 15 heavy (non-hydrogen) atoms. The maximum atomic E-state index is 11.0. The van der Waals surface area contributed by atoms with Crippen LogP contribution in [0.1, 0.15) is 16.1 Å². The number of carbonyl (C=O) groups excluding carboxylic acids is 1. The normalized spacial score (nSPS) is 9.20. The molecule has 5 nitrogen and oxygen atoms in total. The van der Waals surface area contributed by atoms with Gasteiger partial charge >= 0.3 is 6.09 Å². The molecule has 0 atom stereocenters. The molecule has 1 aromatic rings. The fourth-order valence-corrected chi connectivity index (χ4v) is 1.73. The van der Waals surface area contributed by atoms with Crippen LogP contribution in [0.25, 0.3) is 0 Å². The van der Waals surface area contributed by atoms with E-state index >= 15 is 0 Å². The Hall–Kier alpha value is -0.700. The topological polar surface area (TPSA) is 84.3 Å². The zero-order valence-electron chi connectivity index (χ0n) is 7.70. The van der Waals surface area contributed by atoms with Crippen molar-refractivity contribution in [3.05, 3.63) is 28.0 Å². The summed E-state index contributed by atoms with van der Waals surface area (Å²) >= 11 is 3.12. The molecule has 0 radical (unpaired) electrons. The van der Waals surface area contributed by atoms with E-state index < -0.39 is 12.0 Å². The van der Waals surface area contributed by atoms with E-state index in [9.17, 15) is 9.59 Å². The summed E-state index contributed by atoms with van der Waals surface area (Å²) in [6.45, 7) is 1.51. The van der Waals surface area contributed by atoms with Crippen molar-refractivity contribution < 1.29 is 43.2 Å². The van der Waals surface area contributed by atoms with Gasteiger partial charge in [0.2, 0.25) is 5.69 Å². The Morgan fingerprint density at radius 1 is 1.53 bits per heavy atom. The lowest BCUT2D eigenvalue weighted by molar-refractivity contribution is -0.591. The average molecular weight is 387 g/mol. The molecule has 0 saturated carbocycles. The molecule has 0 aliphatic rings. The molecule has 0 fully saturated rings. The van der Waals surface area contributed by atoms with Crippen LogP contribution in [0.4, 0.5) is 4.79 Å². The van der Waals surface area contributed by atoms with Crippen LogP contribution in [0.15, 0.2) is 16.7 Å². The van der Waals surface area contributed by atoms with Crippen molar-refractivity contribution >= 4 is 27.9 Å². The number of carbonyl (C=O) groups is 2. The van der Waals surface area contributed by atoms with Gasteiger partial charge in [-0.15, -0.1) is 0 Å². The van der Waals surface area contributed by atoms with Crippen molar-refractivity contribution in [2.45, 2.75) is 6.92 Å². The second kappa shape index (κ2) is 5.40. The van der Waals surface area contributed by atoms with E-state index in [4.69, 9.17) is 10.8 Å². The van der Waals surface area contributed by atoms with Gasteiger partial charge in [0.15, 0.2) is 6.20 Å². The maximum absolute atomic E-state index is 11.0. The minimum Gasteiger partial charge on any atom is -1.00 e. The Morgan fingerprint density at radius 3 is 2.47 bits per heavy atom. The van der Waals surface area contributed by atoms with Crippen LogP contribution >= 0.6 is 15.9 Å². The van der Waals surface area contributed by atoms with Crippen molar-refractivity contribution in [2.75, 3.05) is 0 Å². The van der Waals surface area contributed by atoms with E-state index in [1.807, 2.05) is 0 Å². The molecule has 82 valence electrons. The number of hydrogen-bond donors (Lipinski definition) is 2. The molecule has 0 spiro atoms. The number of primary amides is 1. The summed E-state index contributed by atoms with van der Waals surface area (Å²) in [5.74, 6) is -0.662. The third-order valence-electron chi connectivity index (χ3n) is 1.78.